The molecule has 0 aliphatic carbocycles. The van der Waals surface area contributed by atoms with E-state index in [0.29, 0.717) is 12.5 Å². The molecule has 1 rings (SSSR count). The summed E-state index contributed by atoms with van der Waals surface area (Å²) in [5.41, 5.74) is 1.10. The Kier molecular flexibility index (Phi) is 8.04. The number of carbonyl (C=O) groups excluding carboxylic acids is 2. The molecule has 2 N–H and O–H groups in total. The van der Waals surface area contributed by atoms with E-state index in [0.717, 1.165) is 24.2 Å². The van der Waals surface area contributed by atoms with Crippen molar-refractivity contribution < 1.29 is 14.3 Å². The van der Waals surface area contributed by atoms with Gasteiger partial charge in [-0.1, -0.05) is 39.0 Å². The van der Waals surface area contributed by atoms with Crippen molar-refractivity contribution in [2.45, 2.75) is 39.5 Å². The second-order valence-corrected chi connectivity index (χ2v) is 5.26. The first-order valence-electron chi connectivity index (χ1n) is 7.83. The summed E-state index contributed by atoms with van der Waals surface area (Å²) in [6.45, 7) is 6.72. The molecule has 1 atom stereocenters. The largest absolute Gasteiger partial charge is 0.483 e. The lowest BCUT2D eigenvalue weighted by atomic mass is 9.98. The van der Waals surface area contributed by atoms with E-state index >= 15 is 0 Å². The number of rotatable bonds is 9. The fraction of sp³-hybridized carbons (Fsp3) is 0.529. The number of nitrogens with one attached hydrogen (secondary N) is 2. The first kappa shape index (κ1) is 18.0. The zero-order valence-corrected chi connectivity index (χ0v) is 13.6. The van der Waals surface area contributed by atoms with Gasteiger partial charge in [-0.3, -0.25) is 9.59 Å². The maximum atomic E-state index is 11.7. The number of hydrogen-bond acceptors (Lipinski definition) is 3. The number of hydrogen-bond donors (Lipinski definition) is 2. The zero-order chi connectivity index (χ0) is 16.4. The fourth-order valence-corrected chi connectivity index (χ4v) is 1.94. The lowest BCUT2D eigenvalue weighted by Gasteiger charge is -2.15. The lowest BCUT2D eigenvalue weighted by Crippen LogP contribution is -2.39. The van der Waals surface area contributed by atoms with E-state index in [2.05, 4.69) is 24.5 Å². The Morgan fingerprint density at radius 2 is 1.86 bits per heavy atom. The molecule has 0 aromatic heterocycles. The van der Waals surface area contributed by atoms with E-state index in [1.807, 2.05) is 31.2 Å². The second kappa shape index (κ2) is 9.82. The number of para-hydroxylation sites is 1. The van der Waals surface area contributed by atoms with Gasteiger partial charge in [0.2, 0.25) is 5.91 Å². The molecule has 0 aliphatic rings. The van der Waals surface area contributed by atoms with Crippen LogP contribution in [0.4, 0.5) is 0 Å². The quantitative estimate of drug-likeness (QED) is 0.735. The van der Waals surface area contributed by atoms with E-state index in [1.165, 1.54) is 0 Å². The Morgan fingerprint density at radius 3 is 2.55 bits per heavy atom. The molecular formula is C17H26N2O3. The number of benzene rings is 1. The van der Waals surface area contributed by atoms with Crippen LogP contribution in [-0.2, 0) is 9.59 Å². The van der Waals surface area contributed by atoms with Gasteiger partial charge < -0.3 is 15.4 Å². The topological polar surface area (TPSA) is 67.4 Å². The maximum Gasteiger partial charge on any atom is 0.258 e. The highest BCUT2D eigenvalue weighted by molar-refractivity contribution is 5.85. The predicted molar refractivity (Wildman–Crippen MR) is 87.0 cm³/mol. The molecule has 0 heterocycles. The molecule has 122 valence electrons. The van der Waals surface area contributed by atoms with Crippen LogP contribution in [0.15, 0.2) is 24.3 Å². The summed E-state index contributed by atoms with van der Waals surface area (Å²) >= 11 is 0. The molecule has 1 aromatic rings. The Hall–Kier alpha value is -2.04. The summed E-state index contributed by atoms with van der Waals surface area (Å²) in [6.07, 6.45) is 1.87. The third-order valence-electron chi connectivity index (χ3n) is 3.44. The Bertz CT molecular complexity index is 489. The molecule has 0 fully saturated rings. The molecule has 22 heavy (non-hydrogen) atoms. The van der Waals surface area contributed by atoms with Crippen LogP contribution in [0.3, 0.4) is 0 Å². The maximum absolute atomic E-state index is 11.7. The minimum absolute atomic E-state index is 0.0186. The van der Waals surface area contributed by atoms with Gasteiger partial charge in [-0.2, -0.15) is 0 Å². The van der Waals surface area contributed by atoms with Gasteiger partial charge in [0.25, 0.3) is 5.91 Å². The van der Waals surface area contributed by atoms with E-state index in [4.69, 9.17) is 4.74 Å². The summed E-state index contributed by atoms with van der Waals surface area (Å²) in [6, 6.07) is 7.73. The van der Waals surface area contributed by atoms with Gasteiger partial charge in [0, 0.05) is 6.54 Å². The third-order valence-corrected chi connectivity index (χ3v) is 3.44. The van der Waals surface area contributed by atoms with E-state index < -0.39 is 0 Å². The number of amides is 2. The second-order valence-electron chi connectivity index (χ2n) is 5.26. The Balaban J connectivity index is 2.43. The van der Waals surface area contributed by atoms with Crippen molar-refractivity contribution >= 4 is 11.8 Å². The monoisotopic (exact) mass is 306 g/mol. The minimum atomic E-state index is -0.300. The van der Waals surface area contributed by atoms with Gasteiger partial charge in [0.15, 0.2) is 6.61 Å². The molecule has 1 unspecified atom stereocenters. The van der Waals surface area contributed by atoms with E-state index in [9.17, 15) is 9.59 Å². The van der Waals surface area contributed by atoms with Crippen LogP contribution < -0.4 is 15.4 Å². The summed E-state index contributed by atoms with van der Waals surface area (Å²) in [7, 11) is 0. The van der Waals surface area contributed by atoms with Crippen LogP contribution in [0, 0.1) is 0 Å². The summed E-state index contributed by atoms with van der Waals surface area (Å²) in [4.78, 5) is 23.1. The molecule has 5 heteroatoms. The van der Waals surface area contributed by atoms with Gasteiger partial charge in [0.1, 0.15) is 5.75 Å². The summed E-state index contributed by atoms with van der Waals surface area (Å²) < 4.78 is 5.59. The normalized spacial score (nSPS) is 11.6. The molecule has 0 radical (unpaired) electrons. The van der Waals surface area contributed by atoms with Crippen LogP contribution in [0.5, 0.6) is 5.75 Å². The van der Waals surface area contributed by atoms with Crippen LogP contribution in [0.2, 0.25) is 0 Å². The lowest BCUT2D eigenvalue weighted by molar-refractivity contribution is -0.127. The Labute approximate surface area is 132 Å². The molecule has 1 aromatic carbocycles. The smallest absolute Gasteiger partial charge is 0.258 e. The first-order valence-corrected chi connectivity index (χ1v) is 7.83. The standard InChI is InChI=1S/C17H26N2O3/c1-4-10-18-16(20)11-19-17(21)12-22-15-9-7-6-8-14(15)13(3)5-2/h6-9,13H,4-5,10-12H2,1-3H3,(H,18,20)(H,19,21). The van der Waals surface area contributed by atoms with Crippen LogP contribution in [0.1, 0.15) is 45.1 Å². The summed E-state index contributed by atoms with van der Waals surface area (Å²) in [5, 5.41) is 5.25. The zero-order valence-electron chi connectivity index (χ0n) is 13.6. The molecular weight excluding hydrogens is 280 g/mol. The van der Waals surface area contributed by atoms with Crippen LogP contribution >= 0.6 is 0 Å². The van der Waals surface area contributed by atoms with E-state index in [-0.39, 0.29) is 25.0 Å². The fourth-order valence-electron chi connectivity index (χ4n) is 1.94. The Morgan fingerprint density at radius 1 is 1.14 bits per heavy atom. The third kappa shape index (κ3) is 6.16. The van der Waals surface area contributed by atoms with Gasteiger partial charge >= 0.3 is 0 Å². The van der Waals surface area contributed by atoms with Crippen molar-refractivity contribution in [1.82, 2.24) is 10.6 Å². The minimum Gasteiger partial charge on any atom is -0.483 e. The predicted octanol–water partition coefficient (Wildman–Crippen LogP) is 2.22. The van der Waals surface area contributed by atoms with E-state index in [1.54, 1.807) is 0 Å². The highest BCUT2D eigenvalue weighted by Crippen LogP contribution is 2.28. The molecule has 0 saturated heterocycles. The molecule has 0 saturated carbocycles. The highest BCUT2D eigenvalue weighted by Gasteiger charge is 2.11. The molecule has 2 amide bonds. The number of carbonyl (C=O) groups is 2. The van der Waals surface area contributed by atoms with Crippen molar-refractivity contribution in [3.63, 3.8) is 0 Å². The average molecular weight is 306 g/mol. The first-order chi connectivity index (χ1) is 10.6. The van der Waals surface area contributed by atoms with Gasteiger partial charge in [0.05, 0.1) is 6.54 Å². The van der Waals surface area contributed by atoms with Crippen molar-refractivity contribution in [3.05, 3.63) is 29.8 Å². The molecule has 5 nitrogen and oxygen atoms in total. The highest BCUT2D eigenvalue weighted by atomic mass is 16.5. The van der Waals surface area contributed by atoms with Gasteiger partial charge in [-0.05, 0) is 30.4 Å². The molecule has 0 aliphatic heterocycles. The SMILES string of the molecule is CCCNC(=O)CNC(=O)COc1ccccc1C(C)CC. The van der Waals surface area contributed by atoms with Gasteiger partial charge in [-0.15, -0.1) is 0 Å². The van der Waals surface area contributed by atoms with Crippen molar-refractivity contribution in [3.8, 4) is 5.75 Å². The average Bonchev–Trinajstić information content (AvgIpc) is 2.55. The summed E-state index contributed by atoms with van der Waals surface area (Å²) in [5.74, 6) is 0.613. The molecule has 0 bridgehead atoms. The van der Waals surface area contributed by atoms with Crippen molar-refractivity contribution in [2.75, 3.05) is 19.7 Å². The van der Waals surface area contributed by atoms with Crippen LogP contribution in [-0.4, -0.2) is 31.5 Å². The van der Waals surface area contributed by atoms with Gasteiger partial charge in [-0.25, -0.2) is 0 Å². The van der Waals surface area contributed by atoms with Crippen molar-refractivity contribution in [2.24, 2.45) is 0 Å². The van der Waals surface area contributed by atoms with Crippen LogP contribution in [0.25, 0.3) is 0 Å². The number of ether oxygens (including phenoxy) is 1. The van der Waals surface area contributed by atoms with Crippen molar-refractivity contribution in [1.29, 1.82) is 0 Å². The molecule has 0 spiro atoms.